The van der Waals surface area contributed by atoms with Gasteiger partial charge in [0.15, 0.2) is 11.5 Å². The van der Waals surface area contributed by atoms with E-state index in [0.29, 0.717) is 28.4 Å². The van der Waals surface area contributed by atoms with E-state index in [0.717, 1.165) is 24.6 Å². The highest BCUT2D eigenvalue weighted by atomic mass is 16.5. The van der Waals surface area contributed by atoms with Gasteiger partial charge in [-0.1, -0.05) is 0 Å². The van der Waals surface area contributed by atoms with E-state index in [1.165, 1.54) is 50.7 Å². The van der Waals surface area contributed by atoms with Crippen LogP contribution in [0.4, 0.5) is 0 Å². The largest absolute Gasteiger partial charge is 0.493 e. The molecule has 0 bridgehead atoms. The smallest absolute Gasteiger partial charge is 0.336 e. The first-order valence-corrected chi connectivity index (χ1v) is 10.8. The van der Waals surface area contributed by atoms with Crippen LogP contribution in [0.2, 0.25) is 0 Å². The second-order valence-electron chi connectivity index (χ2n) is 7.82. The molecule has 9 heteroatoms. The van der Waals surface area contributed by atoms with E-state index in [1.807, 2.05) is 12.1 Å². The fourth-order valence-electron chi connectivity index (χ4n) is 4.09. The molecule has 1 N–H and O–H groups in total. The zero-order chi connectivity index (χ0) is 24.2. The van der Waals surface area contributed by atoms with Gasteiger partial charge in [-0.2, -0.15) is 0 Å². The molecular weight excluding hydrogens is 442 g/mol. The Bertz CT molecular complexity index is 1290. The molecule has 0 saturated carbocycles. The Hall–Kier alpha value is -4.01. The molecule has 1 aromatic heterocycles. The normalized spacial score (nSPS) is 12.2. The fraction of sp³-hybridized carbons (Fsp3) is 0.320. The molecule has 178 valence electrons. The second kappa shape index (κ2) is 9.86. The van der Waals surface area contributed by atoms with Crippen molar-refractivity contribution in [1.82, 2.24) is 5.32 Å². The van der Waals surface area contributed by atoms with Gasteiger partial charge in [-0.05, 0) is 54.7 Å². The number of fused-ring (bicyclic) bond motifs is 2. The summed E-state index contributed by atoms with van der Waals surface area (Å²) >= 11 is 0. The van der Waals surface area contributed by atoms with Crippen molar-refractivity contribution in [1.29, 1.82) is 0 Å². The first-order valence-electron chi connectivity index (χ1n) is 10.8. The van der Waals surface area contributed by atoms with Gasteiger partial charge in [0.25, 0.3) is 5.91 Å². The van der Waals surface area contributed by atoms with Gasteiger partial charge in [0.2, 0.25) is 5.75 Å². The third-order valence-electron chi connectivity index (χ3n) is 5.75. The lowest BCUT2D eigenvalue weighted by Crippen LogP contribution is -2.30. The third kappa shape index (κ3) is 4.68. The van der Waals surface area contributed by atoms with E-state index in [2.05, 4.69) is 5.32 Å². The van der Waals surface area contributed by atoms with E-state index in [1.54, 1.807) is 0 Å². The zero-order valence-corrected chi connectivity index (χ0v) is 19.2. The molecule has 0 unspecified atom stereocenters. The molecule has 0 atom stereocenters. The van der Waals surface area contributed by atoms with Crippen LogP contribution < -0.4 is 25.2 Å². The van der Waals surface area contributed by atoms with Crippen LogP contribution in [0.5, 0.6) is 17.2 Å². The molecule has 4 rings (SSSR count). The lowest BCUT2D eigenvalue weighted by atomic mass is 10.0. The van der Waals surface area contributed by atoms with Gasteiger partial charge in [-0.15, -0.1) is 0 Å². The second-order valence-corrected chi connectivity index (χ2v) is 7.82. The number of methoxy groups -OCH3 is 3. The molecule has 1 aliphatic rings. The van der Waals surface area contributed by atoms with Crippen molar-refractivity contribution in [3.8, 4) is 17.2 Å². The van der Waals surface area contributed by atoms with Crippen molar-refractivity contribution in [3.05, 3.63) is 63.0 Å². The number of aryl methyl sites for hydroxylation is 2. The predicted molar refractivity (Wildman–Crippen MR) is 123 cm³/mol. The number of nitrogens with one attached hydrogen (secondary N) is 1. The Balaban J connectivity index is 1.42. The molecular formula is C25H25NO8. The van der Waals surface area contributed by atoms with Crippen LogP contribution in [-0.4, -0.2) is 39.8 Å². The Morgan fingerprint density at radius 1 is 0.941 bits per heavy atom. The molecule has 9 nitrogen and oxygen atoms in total. The lowest BCUT2D eigenvalue weighted by Gasteiger charge is -2.14. The van der Waals surface area contributed by atoms with E-state index in [4.69, 9.17) is 23.4 Å². The van der Waals surface area contributed by atoms with Gasteiger partial charge in [0.1, 0.15) is 18.7 Å². The van der Waals surface area contributed by atoms with E-state index in [-0.39, 0.29) is 18.7 Å². The van der Waals surface area contributed by atoms with Crippen molar-refractivity contribution >= 4 is 22.8 Å². The average Bonchev–Trinajstić information content (AvgIpc) is 3.30. The summed E-state index contributed by atoms with van der Waals surface area (Å²) in [4.78, 5) is 36.8. The third-order valence-corrected chi connectivity index (χ3v) is 5.75. The molecule has 0 fully saturated rings. The minimum absolute atomic E-state index is 0.111. The quantitative estimate of drug-likeness (QED) is 0.398. The zero-order valence-electron chi connectivity index (χ0n) is 19.2. The molecule has 0 spiro atoms. The first-order chi connectivity index (χ1) is 16.4. The summed E-state index contributed by atoms with van der Waals surface area (Å²) in [6.45, 7) is -0.468. The molecule has 0 saturated heterocycles. The summed E-state index contributed by atoms with van der Waals surface area (Å²) in [5, 5.41) is 3.26. The van der Waals surface area contributed by atoms with Crippen molar-refractivity contribution in [3.63, 3.8) is 0 Å². The molecule has 1 amide bonds. The van der Waals surface area contributed by atoms with Crippen LogP contribution >= 0.6 is 0 Å². The Kier molecular flexibility index (Phi) is 6.72. The maximum absolute atomic E-state index is 12.6. The number of carbonyl (C=O) groups excluding carboxylic acids is 2. The Morgan fingerprint density at radius 2 is 1.62 bits per heavy atom. The van der Waals surface area contributed by atoms with Crippen LogP contribution in [0.15, 0.2) is 39.5 Å². The van der Waals surface area contributed by atoms with Crippen LogP contribution in [0.3, 0.4) is 0 Å². The highest BCUT2D eigenvalue weighted by Crippen LogP contribution is 2.38. The standard InChI is InChI=1S/C25H25NO8/c1-30-20-9-16(10-21(31-2)24(20)32-3)25(29)26-12-23(28)33-13-17-11-22(27)34-19-8-15-6-4-5-14(15)7-18(17)19/h7-11H,4-6,12-13H2,1-3H3,(H,26,29). The summed E-state index contributed by atoms with van der Waals surface area (Å²) < 4.78 is 26.4. The molecule has 3 aromatic rings. The lowest BCUT2D eigenvalue weighted by molar-refractivity contribution is -0.143. The van der Waals surface area contributed by atoms with E-state index >= 15 is 0 Å². The van der Waals surface area contributed by atoms with Gasteiger partial charge in [-0.3, -0.25) is 9.59 Å². The van der Waals surface area contributed by atoms with Crippen LogP contribution in [0.1, 0.15) is 33.5 Å². The average molecular weight is 467 g/mol. The molecule has 2 aromatic carbocycles. The molecule has 1 heterocycles. The van der Waals surface area contributed by atoms with Gasteiger partial charge in [0.05, 0.1) is 21.3 Å². The molecule has 34 heavy (non-hydrogen) atoms. The summed E-state index contributed by atoms with van der Waals surface area (Å²) in [5.41, 5.74) is 3.15. The van der Waals surface area contributed by atoms with Crippen LogP contribution in [0, 0.1) is 0 Å². The summed E-state index contributed by atoms with van der Waals surface area (Å²) in [5.74, 6) is -0.182. The van der Waals surface area contributed by atoms with Crippen LogP contribution in [0.25, 0.3) is 11.0 Å². The minimum atomic E-state index is -0.650. The van der Waals surface area contributed by atoms with Crippen molar-refractivity contribution < 1.29 is 33.0 Å². The van der Waals surface area contributed by atoms with Gasteiger partial charge in [0, 0.05) is 22.6 Å². The summed E-state index contributed by atoms with van der Waals surface area (Å²) in [6, 6.07) is 8.18. The van der Waals surface area contributed by atoms with Gasteiger partial charge in [-0.25, -0.2) is 4.79 Å². The highest BCUT2D eigenvalue weighted by Gasteiger charge is 2.19. The monoisotopic (exact) mass is 467 g/mol. The number of amides is 1. The number of ether oxygens (including phenoxy) is 4. The first kappa shape index (κ1) is 23.2. The van der Waals surface area contributed by atoms with Gasteiger partial charge >= 0.3 is 11.6 Å². The maximum Gasteiger partial charge on any atom is 0.336 e. The summed E-state index contributed by atoms with van der Waals surface area (Å²) in [7, 11) is 4.35. The molecule has 0 radical (unpaired) electrons. The fourth-order valence-corrected chi connectivity index (χ4v) is 4.09. The van der Waals surface area contributed by atoms with Crippen LogP contribution in [-0.2, 0) is 29.0 Å². The SMILES string of the molecule is COc1cc(C(=O)NCC(=O)OCc2cc(=O)oc3cc4c(cc23)CCC4)cc(OC)c1OC. The van der Waals surface area contributed by atoms with Crippen molar-refractivity contribution in [2.45, 2.75) is 25.9 Å². The predicted octanol–water partition coefficient (Wildman–Crippen LogP) is 2.78. The van der Waals surface area contributed by atoms with E-state index < -0.39 is 17.5 Å². The number of rotatable bonds is 8. The Labute approximate surface area is 195 Å². The number of hydrogen-bond donors (Lipinski definition) is 1. The Morgan fingerprint density at radius 3 is 2.26 bits per heavy atom. The topological polar surface area (TPSA) is 113 Å². The van der Waals surface area contributed by atoms with Crippen molar-refractivity contribution in [2.24, 2.45) is 0 Å². The number of benzene rings is 2. The molecule has 1 aliphatic carbocycles. The van der Waals surface area contributed by atoms with E-state index in [9.17, 15) is 14.4 Å². The maximum atomic E-state index is 12.6. The van der Waals surface area contributed by atoms with Crippen molar-refractivity contribution in [2.75, 3.05) is 27.9 Å². The summed E-state index contributed by atoms with van der Waals surface area (Å²) in [6.07, 6.45) is 2.99. The highest BCUT2D eigenvalue weighted by molar-refractivity contribution is 5.97. The minimum Gasteiger partial charge on any atom is -0.493 e. The number of carbonyl (C=O) groups is 2. The number of hydrogen-bond acceptors (Lipinski definition) is 8. The number of esters is 1. The van der Waals surface area contributed by atoms with Gasteiger partial charge < -0.3 is 28.7 Å². The molecule has 0 aliphatic heterocycles.